The van der Waals surface area contributed by atoms with E-state index in [1.54, 1.807) is 19.2 Å². The molecule has 0 spiro atoms. The molecule has 2 rings (SSSR count). The quantitative estimate of drug-likeness (QED) is 0.522. The van der Waals surface area contributed by atoms with Gasteiger partial charge in [0.15, 0.2) is 0 Å². The number of allylic oxidation sites excluding steroid dienone is 1. The Morgan fingerprint density at radius 3 is 3.00 bits per heavy atom. The summed E-state index contributed by atoms with van der Waals surface area (Å²) in [6.45, 7) is 5.68. The molecule has 0 radical (unpaired) electrons. The van der Waals surface area contributed by atoms with Gasteiger partial charge in [0.25, 0.3) is 0 Å². The maximum absolute atomic E-state index is 12.7. The molecular weight excluding hydrogens is 279 g/mol. The van der Waals surface area contributed by atoms with Crippen LogP contribution in [0.1, 0.15) is 31.9 Å². The van der Waals surface area contributed by atoms with Crippen LogP contribution in [0.3, 0.4) is 0 Å². The molecule has 0 aliphatic carbocycles. The van der Waals surface area contributed by atoms with Crippen LogP contribution in [0.4, 0.5) is 4.39 Å². The van der Waals surface area contributed by atoms with Crippen molar-refractivity contribution in [3.8, 4) is 5.75 Å². The first-order valence-corrected chi connectivity index (χ1v) is 7.50. The average Bonchev–Trinajstić information content (AvgIpc) is 2.52. The smallest absolute Gasteiger partial charge is 0.122 e. The van der Waals surface area contributed by atoms with Crippen molar-refractivity contribution in [3.05, 3.63) is 48.8 Å². The van der Waals surface area contributed by atoms with E-state index in [0.29, 0.717) is 13.0 Å². The molecular formula is C18H21FN2O. The van der Waals surface area contributed by atoms with E-state index in [9.17, 15) is 4.39 Å². The molecule has 3 nitrogen and oxygen atoms in total. The number of fused-ring (bicyclic) bond motifs is 1. The molecule has 0 saturated heterocycles. The first-order chi connectivity index (χ1) is 10.7. The maximum atomic E-state index is 12.7. The number of ether oxygens (including phenoxy) is 1. The summed E-state index contributed by atoms with van der Waals surface area (Å²) in [7, 11) is 0. The second-order valence-corrected chi connectivity index (χ2v) is 5.16. The lowest BCUT2D eigenvalue weighted by Crippen LogP contribution is -1.94. The van der Waals surface area contributed by atoms with E-state index in [0.717, 1.165) is 35.3 Å². The maximum Gasteiger partial charge on any atom is 0.122 e. The number of alkyl halides is 1. The number of aromatic nitrogens is 2. The standard InChI is InChI=1S/C18H21FN2O/c1-3-11-22-16-9-10-17-18(12-16)20-13-15(21-17)8-6-4-5-7-14(2)19/h3,6,8-10,12-14H,1,4-5,7,11H2,2H3. The van der Waals surface area contributed by atoms with Gasteiger partial charge in [0, 0.05) is 6.07 Å². The molecule has 0 aliphatic rings. The van der Waals surface area contributed by atoms with Crippen LogP contribution in [0.25, 0.3) is 17.1 Å². The molecule has 1 unspecified atom stereocenters. The van der Waals surface area contributed by atoms with Gasteiger partial charge < -0.3 is 4.74 Å². The van der Waals surface area contributed by atoms with Crippen molar-refractivity contribution in [1.29, 1.82) is 0 Å². The van der Waals surface area contributed by atoms with E-state index in [1.807, 2.05) is 30.4 Å². The third-order valence-electron chi connectivity index (χ3n) is 3.16. The third-order valence-corrected chi connectivity index (χ3v) is 3.16. The molecule has 0 amide bonds. The Hall–Kier alpha value is -2.23. The fraction of sp³-hybridized carbons (Fsp3) is 0.333. The topological polar surface area (TPSA) is 35.0 Å². The number of benzene rings is 1. The number of unbranched alkanes of at least 4 members (excludes halogenated alkanes) is 1. The van der Waals surface area contributed by atoms with Gasteiger partial charge in [0.05, 0.1) is 29.1 Å². The van der Waals surface area contributed by atoms with Crippen molar-refractivity contribution < 1.29 is 9.13 Å². The predicted octanol–water partition coefficient (Wildman–Crippen LogP) is 4.74. The van der Waals surface area contributed by atoms with Crippen molar-refractivity contribution in [2.24, 2.45) is 0 Å². The molecule has 0 bridgehead atoms. The fourth-order valence-electron chi connectivity index (χ4n) is 2.05. The summed E-state index contributed by atoms with van der Waals surface area (Å²) in [6.07, 6.45) is 8.94. The van der Waals surface area contributed by atoms with Crippen LogP contribution in [0.5, 0.6) is 5.75 Å². The zero-order valence-electron chi connectivity index (χ0n) is 12.8. The second-order valence-electron chi connectivity index (χ2n) is 5.16. The summed E-state index contributed by atoms with van der Waals surface area (Å²) in [5.74, 6) is 0.755. The van der Waals surface area contributed by atoms with Gasteiger partial charge in [-0.15, -0.1) is 0 Å². The zero-order chi connectivity index (χ0) is 15.8. The van der Waals surface area contributed by atoms with Crippen LogP contribution < -0.4 is 4.74 Å². The highest BCUT2D eigenvalue weighted by Crippen LogP contribution is 2.18. The van der Waals surface area contributed by atoms with Crippen LogP contribution in [0, 0.1) is 0 Å². The molecule has 0 N–H and O–H groups in total. The SMILES string of the molecule is C=CCOc1ccc2nc(C=CCCCC(C)F)cnc2c1. The van der Waals surface area contributed by atoms with Crippen molar-refractivity contribution in [3.63, 3.8) is 0 Å². The number of hydrogen-bond acceptors (Lipinski definition) is 3. The highest BCUT2D eigenvalue weighted by Gasteiger charge is 2.01. The average molecular weight is 300 g/mol. The summed E-state index contributed by atoms with van der Waals surface area (Å²) in [5, 5.41) is 0. The van der Waals surface area contributed by atoms with Gasteiger partial charge in [-0.3, -0.25) is 4.98 Å². The minimum Gasteiger partial charge on any atom is -0.489 e. The van der Waals surface area contributed by atoms with Gasteiger partial charge >= 0.3 is 0 Å². The van der Waals surface area contributed by atoms with Gasteiger partial charge in [0.1, 0.15) is 12.4 Å². The molecule has 1 aromatic carbocycles. The zero-order valence-corrected chi connectivity index (χ0v) is 12.8. The van der Waals surface area contributed by atoms with Crippen molar-refractivity contribution >= 4 is 17.1 Å². The molecule has 22 heavy (non-hydrogen) atoms. The Balaban J connectivity index is 2.01. The molecule has 0 fully saturated rings. The minimum absolute atomic E-state index is 0.469. The number of rotatable bonds is 8. The lowest BCUT2D eigenvalue weighted by Gasteiger charge is -2.04. The van der Waals surface area contributed by atoms with E-state index in [4.69, 9.17) is 4.74 Å². The summed E-state index contributed by atoms with van der Waals surface area (Å²) < 4.78 is 18.1. The lowest BCUT2D eigenvalue weighted by atomic mass is 10.2. The van der Waals surface area contributed by atoms with Crippen LogP contribution in [-0.4, -0.2) is 22.7 Å². The molecule has 1 heterocycles. The highest BCUT2D eigenvalue weighted by atomic mass is 19.1. The Morgan fingerprint density at radius 1 is 1.36 bits per heavy atom. The second kappa shape index (κ2) is 8.27. The van der Waals surface area contributed by atoms with Gasteiger partial charge in [-0.05, 0) is 44.4 Å². The van der Waals surface area contributed by atoms with Gasteiger partial charge in [-0.25, -0.2) is 9.37 Å². The predicted molar refractivity (Wildman–Crippen MR) is 88.7 cm³/mol. The van der Waals surface area contributed by atoms with Gasteiger partial charge in [0.2, 0.25) is 0 Å². The summed E-state index contributed by atoms with van der Waals surface area (Å²) in [5.41, 5.74) is 2.43. The summed E-state index contributed by atoms with van der Waals surface area (Å²) in [6, 6.07) is 5.63. The molecule has 116 valence electrons. The molecule has 0 saturated carbocycles. The normalized spacial score (nSPS) is 12.6. The number of halogens is 1. The molecule has 1 aromatic heterocycles. The summed E-state index contributed by atoms with van der Waals surface area (Å²) in [4.78, 5) is 8.93. The molecule has 0 aliphatic heterocycles. The largest absolute Gasteiger partial charge is 0.489 e. The number of hydrogen-bond donors (Lipinski definition) is 0. The first kappa shape index (κ1) is 16.1. The highest BCUT2D eigenvalue weighted by molar-refractivity contribution is 5.76. The van der Waals surface area contributed by atoms with Crippen LogP contribution in [0.15, 0.2) is 43.1 Å². The van der Waals surface area contributed by atoms with Crippen LogP contribution >= 0.6 is 0 Å². The summed E-state index contributed by atoms with van der Waals surface area (Å²) >= 11 is 0. The van der Waals surface area contributed by atoms with E-state index in [2.05, 4.69) is 16.5 Å². The van der Waals surface area contributed by atoms with Gasteiger partial charge in [-0.2, -0.15) is 0 Å². The Labute approximate surface area is 130 Å². The van der Waals surface area contributed by atoms with E-state index in [-0.39, 0.29) is 0 Å². The van der Waals surface area contributed by atoms with Crippen molar-refractivity contribution in [1.82, 2.24) is 9.97 Å². The van der Waals surface area contributed by atoms with Crippen molar-refractivity contribution in [2.75, 3.05) is 6.61 Å². The fourth-order valence-corrected chi connectivity index (χ4v) is 2.05. The first-order valence-electron chi connectivity index (χ1n) is 7.50. The van der Waals surface area contributed by atoms with E-state index >= 15 is 0 Å². The van der Waals surface area contributed by atoms with Crippen LogP contribution in [0.2, 0.25) is 0 Å². The lowest BCUT2D eigenvalue weighted by molar-refractivity contribution is 0.335. The van der Waals surface area contributed by atoms with E-state index < -0.39 is 6.17 Å². The van der Waals surface area contributed by atoms with Crippen molar-refractivity contribution in [2.45, 2.75) is 32.4 Å². The minimum atomic E-state index is -0.730. The van der Waals surface area contributed by atoms with Gasteiger partial charge in [-0.1, -0.05) is 18.7 Å². The monoisotopic (exact) mass is 300 g/mol. The Morgan fingerprint density at radius 2 is 2.23 bits per heavy atom. The third kappa shape index (κ3) is 4.95. The molecule has 2 aromatic rings. The number of nitrogens with zero attached hydrogens (tertiary/aromatic N) is 2. The van der Waals surface area contributed by atoms with Crippen LogP contribution in [-0.2, 0) is 0 Å². The Kier molecular flexibility index (Phi) is 6.07. The van der Waals surface area contributed by atoms with E-state index in [1.165, 1.54) is 0 Å². The molecule has 4 heteroatoms. The Bertz CT molecular complexity index is 653. The molecule has 1 atom stereocenters.